The Morgan fingerprint density at radius 2 is 2.18 bits per heavy atom. The minimum Gasteiger partial charge on any atom is -0.483 e. The summed E-state index contributed by atoms with van der Waals surface area (Å²) in [6.45, 7) is 3.23. The number of benzene rings is 1. The van der Waals surface area contributed by atoms with Gasteiger partial charge in [0.2, 0.25) is 5.91 Å². The van der Waals surface area contributed by atoms with Crippen molar-refractivity contribution in [2.24, 2.45) is 0 Å². The van der Waals surface area contributed by atoms with Crippen molar-refractivity contribution in [1.82, 2.24) is 0 Å². The van der Waals surface area contributed by atoms with E-state index in [0.717, 1.165) is 11.3 Å². The summed E-state index contributed by atoms with van der Waals surface area (Å²) < 4.78 is 5.51. The number of carbonyl (C=O) groups excluding carboxylic acids is 2. The molecule has 0 fully saturated rings. The lowest BCUT2D eigenvalue weighted by Crippen LogP contribution is -2.22. The van der Waals surface area contributed by atoms with Crippen molar-refractivity contribution < 1.29 is 14.3 Å². The lowest BCUT2D eigenvalue weighted by Gasteiger charge is -2.18. The molecule has 1 heterocycles. The molecular weight excluding hydrogens is 218 g/mol. The zero-order valence-electron chi connectivity index (χ0n) is 9.95. The first-order chi connectivity index (χ1) is 8.06. The third kappa shape index (κ3) is 2.64. The molecule has 0 aliphatic carbocycles. The van der Waals surface area contributed by atoms with Crippen LogP contribution in [0.4, 0.5) is 5.69 Å². The molecule has 1 aromatic carbocycles. The van der Waals surface area contributed by atoms with E-state index in [1.807, 2.05) is 12.1 Å². The van der Waals surface area contributed by atoms with Crippen molar-refractivity contribution in [2.45, 2.75) is 32.8 Å². The van der Waals surface area contributed by atoms with Gasteiger partial charge in [-0.05, 0) is 44.0 Å². The molecule has 1 N–H and O–H groups in total. The van der Waals surface area contributed by atoms with Crippen LogP contribution in [0.1, 0.15) is 25.8 Å². The largest absolute Gasteiger partial charge is 0.483 e. The van der Waals surface area contributed by atoms with Gasteiger partial charge in [0.25, 0.3) is 0 Å². The Morgan fingerprint density at radius 1 is 1.41 bits per heavy atom. The maximum atomic E-state index is 11.2. The van der Waals surface area contributed by atoms with E-state index in [-0.39, 0.29) is 11.7 Å². The molecule has 2 rings (SSSR count). The molecule has 1 aromatic rings. The number of aryl methyl sites for hydroxylation is 1. The van der Waals surface area contributed by atoms with E-state index in [1.165, 1.54) is 6.92 Å². The minimum absolute atomic E-state index is 0.00368. The number of ether oxygens (including phenoxy) is 1. The number of rotatable bonds is 3. The Hall–Kier alpha value is -1.84. The van der Waals surface area contributed by atoms with Gasteiger partial charge in [0.15, 0.2) is 11.9 Å². The zero-order valence-corrected chi connectivity index (χ0v) is 9.95. The first-order valence-electron chi connectivity index (χ1n) is 5.66. The van der Waals surface area contributed by atoms with Gasteiger partial charge in [-0.25, -0.2) is 0 Å². The van der Waals surface area contributed by atoms with Gasteiger partial charge in [0, 0.05) is 12.1 Å². The number of fused-ring (bicyclic) bond motifs is 1. The Bertz CT molecular complexity index is 468. The third-order valence-corrected chi connectivity index (χ3v) is 2.86. The number of hydrogen-bond acceptors (Lipinski definition) is 3. The average Bonchev–Trinajstić information content (AvgIpc) is 2.29. The number of nitrogens with one attached hydrogen (secondary N) is 1. The fraction of sp³-hybridized carbons (Fsp3) is 0.385. The normalized spacial score (nSPS) is 15.8. The predicted octanol–water partition coefficient (Wildman–Crippen LogP) is 1.93. The highest BCUT2D eigenvalue weighted by molar-refractivity contribution is 5.94. The molecule has 1 aliphatic heterocycles. The van der Waals surface area contributed by atoms with Crippen molar-refractivity contribution >= 4 is 17.4 Å². The first kappa shape index (κ1) is 11.6. The maximum absolute atomic E-state index is 11.2. The van der Waals surface area contributed by atoms with Crippen LogP contribution >= 0.6 is 0 Å². The molecular formula is C13H15NO3. The molecule has 0 aromatic heterocycles. The van der Waals surface area contributed by atoms with Crippen LogP contribution in [0.2, 0.25) is 0 Å². The molecule has 0 spiro atoms. The Kier molecular flexibility index (Phi) is 3.13. The van der Waals surface area contributed by atoms with E-state index in [0.29, 0.717) is 18.6 Å². The van der Waals surface area contributed by atoms with Gasteiger partial charge in [-0.2, -0.15) is 0 Å². The molecule has 1 atom stereocenters. The highest BCUT2D eigenvalue weighted by atomic mass is 16.5. The quantitative estimate of drug-likeness (QED) is 0.867. The van der Waals surface area contributed by atoms with Crippen molar-refractivity contribution in [3.8, 4) is 5.75 Å². The van der Waals surface area contributed by atoms with E-state index in [4.69, 9.17) is 4.74 Å². The van der Waals surface area contributed by atoms with Gasteiger partial charge in [0.1, 0.15) is 5.75 Å². The summed E-state index contributed by atoms with van der Waals surface area (Å²) in [6, 6.07) is 5.46. The van der Waals surface area contributed by atoms with Crippen LogP contribution in [0.3, 0.4) is 0 Å². The Morgan fingerprint density at radius 3 is 2.88 bits per heavy atom. The Labute approximate surface area is 100.0 Å². The lowest BCUT2D eigenvalue weighted by molar-refractivity contribution is -0.122. The number of carbonyl (C=O) groups is 2. The third-order valence-electron chi connectivity index (χ3n) is 2.86. The van der Waals surface area contributed by atoms with E-state index < -0.39 is 6.10 Å². The predicted molar refractivity (Wildman–Crippen MR) is 64.2 cm³/mol. The van der Waals surface area contributed by atoms with Gasteiger partial charge in [-0.15, -0.1) is 0 Å². The molecule has 1 aliphatic rings. The van der Waals surface area contributed by atoms with Gasteiger partial charge < -0.3 is 10.1 Å². The topological polar surface area (TPSA) is 55.4 Å². The van der Waals surface area contributed by atoms with E-state index >= 15 is 0 Å². The molecule has 90 valence electrons. The van der Waals surface area contributed by atoms with Crippen molar-refractivity contribution in [1.29, 1.82) is 0 Å². The molecule has 4 nitrogen and oxygen atoms in total. The number of amides is 1. The lowest BCUT2D eigenvalue weighted by atomic mass is 10.0. The fourth-order valence-electron chi connectivity index (χ4n) is 1.72. The molecule has 1 unspecified atom stereocenters. The first-order valence-corrected chi connectivity index (χ1v) is 5.66. The summed E-state index contributed by atoms with van der Waals surface area (Å²) in [5, 5.41) is 2.80. The minimum atomic E-state index is -0.439. The van der Waals surface area contributed by atoms with E-state index in [2.05, 4.69) is 5.32 Å². The van der Waals surface area contributed by atoms with E-state index in [1.54, 1.807) is 13.0 Å². The van der Waals surface area contributed by atoms with Crippen molar-refractivity contribution in [3.63, 3.8) is 0 Å². The second-order valence-corrected chi connectivity index (χ2v) is 4.24. The average molecular weight is 233 g/mol. The molecule has 1 amide bonds. The van der Waals surface area contributed by atoms with Crippen LogP contribution < -0.4 is 10.1 Å². The second-order valence-electron chi connectivity index (χ2n) is 4.24. The van der Waals surface area contributed by atoms with Crippen LogP contribution in [0.15, 0.2) is 18.2 Å². The molecule has 0 bridgehead atoms. The summed E-state index contributed by atoms with van der Waals surface area (Å²) in [5.41, 5.74) is 1.89. The van der Waals surface area contributed by atoms with Crippen LogP contribution in [-0.4, -0.2) is 17.8 Å². The Balaban J connectivity index is 2.16. The second kappa shape index (κ2) is 4.57. The summed E-state index contributed by atoms with van der Waals surface area (Å²) in [4.78, 5) is 22.3. The molecule has 0 saturated carbocycles. The van der Waals surface area contributed by atoms with Crippen LogP contribution in [-0.2, 0) is 16.0 Å². The summed E-state index contributed by atoms with van der Waals surface area (Å²) >= 11 is 0. The van der Waals surface area contributed by atoms with Gasteiger partial charge in [-0.1, -0.05) is 0 Å². The molecule has 4 heteroatoms. The summed E-state index contributed by atoms with van der Waals surface area (Å²) in [5.74, 6) is 0.710. The van der Waals surface area contributed by atoms with Crippen LogP contribution in [0, 0.1) is 0 Å². The van der Waals surface area contributed by atoms with Gasteiger partial charge >= 0.3 is 0 Å². The summed E-state index contributed by atoms with van der Waals surface area (Å²) in [7, 11) is 0. The van der Waals surface area contributed by atoms with Crippen LogP contribution in [0.5, 0.6) is 5.75 Å². The highest BCUT2D eigenvalue weighted by Gasteiger charge is 2.16. The number of hydrogen-bond donors (Lipinski definition) is 1. The standard InChI is InChI=1S/C13H15NO3/c1-8(15)9(2)17-11-4-5-12-10(7-11)3-6-13(16)14-12/h4-5,7,9H,3,6H2,1-2H3,(H,14,16). The molecule has 0 radical (unpaired) electrons. The van der Waals surface area contributed by atoms with Crippen molar-refractivity contribution in [2.75, 3.05) is 5.32 Å². The summed E-state index contributed by atoms with van der Waals surface area (Å²) in [6.07, 6.45) is 0.775. The highest BCUT2D eigenvalue weighted by Crippen LogP contribution is 2.27. The van der Waals surface area contributed by atoms with E-state index in [9.17, 15) is 9.59 Å². The van der Waals surface area contributed by atoms with Gasteiger partial charge in [0.05, 0.1) is 0 Å². The molecule has 17 heavy (non-hydrogen) atoms. The van der Waals surface area contributed by atoms with Gasteiger partial charge in [-0.3, -0.25) is 9.59 Å². The monoisotopic (exact) mass is 233 g/mol. The SMILES string of the molecule is CC(=O)C(C)Oc1ccc2c(c1)CCC(=O)N2. The van der Waals surface area contributed by atoms with Crippen molar-refractivity contribution in [3.05, 3.63) is 23.8 Å². The molecule has 0 saturated heterocycles. The smallest absolute Gasteiger partial charge is 0.224 e. The van der Waals surface area contributed by atoms with Crippen LogP contribution in [0.25, 0.3) is 0 Å². The number of Topliss-reactive ketones (excluding diaryl/α,β-unsaturated/α-hetero) is 1. The maximum Gasteiger partial charge on any atom is 0.224 e. The fourth-order valence-corrected chi connectivity index (χ4v) is 1.72. The number of ketones is 1. The zero-order chi connectivity index (χ0) is 12.4. The number of anilines is 1.